The third kappa shape index (κ3) is 1.04. The highest BCUT2D eigenvalue weighted by atomic mass is 15.3. The van der Waals surface area contributed by atoms with Gasteiger partial charge in [-0.3, -0.25) is 4.90 Å². The van der Waals surface area contributed by atoms with Gasteiger partial charge in [-0.1, -0.05) is 25.1 Å². The Morgan fingerprint density at radius 1 is 1.09 bits per heavy atom. The second-order valence-corrected chi connectivity index (χ2v) is 8.87. The molecule has 0 unspecified atom stereocenters. The zero-order valence-corrected chi connectivity index (χ0v) is 13.6. The lowest BCUT2D eigenvalue weighted by atomic mass is 9.39. The number of hydrogen-bond donors (Lipinski definition) is 1. The Kier molecular flexibility index (Phi) is 2.01. The summed E-state index contributed by atoms with van der Waals surface area (Å²) in [7, 11) is 0. The quantitative estimate of drug-likeness (QED) is 0.783. The van der Waals surface area contributed by atoms with Crippen LogP contribution in [0.5, 0.6) is 0 Å². The molecule has 1 aromatic carbocycles. The minimum absolute atomic E-state index is 0.342. The van der Waals surface area contributed by atoms with E-state index in [1.165, 1.54) is 57.3 Å². The first kappa shape index (κ1) is 12.4. The van der Waals surface area contributed by atoms with Crippen molar-refractivity contribution in [3.63, 3.8) is 0 Å². The Hall–Kier alpha value is -1.02. The summed E-state index contributed by atoms with van der Waals surface area (Å²) in [4.78, 5) is 2.90. The lowest BCUT2D eigenvalue weighted by Gasteiger charge is -2.69. The highest BCUT2D eigenvalue weighted by molar-refractivity contribution is 5.68. The number of hydrogen-bond acceptors (Lipinski definition) is 2. The highest BCUT2D eigenvalue weighted by Gasteiger charge is 2.76. The van der Waals surface area contributed by atoms with Crippen LogP contribution in [0.15, 0.2) is 24.3 Å². The van der Waals surface area contributed by atoms with Gasteiger partial charge < -0.3 is 5.32 Å². The van der Waals surface area contributed by atoms with Crippen LogP contribution < -0.4 is 5.32 Å². The maximum absolute atomic E-state index is 4.11. The number of para-hydroxylation sites is 1. The molecule has 5 fully saturated rings. The number of anilines is 1. The monoisotopic (exact) mass is 294 g/mol. The molecule has 3 heterocycles. The molecule has 3 aliphatic carbocycles. The average Bonchev–Trinajstić information content (AvgIpc) is 3.07. The van der Waals surface area contributed by atoms with Crippen molar-refractivity contribution >= 4 is 5.69 Å². The van der Waals surface area contributed by atoms with Gasteiger partial charge in [0, 0.05) is 17.1 Å². The van der Waals surface area contributed by atoms with E-state index in [9.17, 15) is 0 Å². The Labute approximate surface area is 133 Å². The molecule has 22 heavy (non-hydrogen) atoms. The molecule has 5 atom stereocenters. The van der Waals surface area contributed by atoms with Crippen molar-refractivity contribution in [3.8, 4) is 0 Å². The second kappa shape index (κ2) is 3.56. The molecule has 6 aliphatic rings. The molecule has 0 aromatic heterocycles. The Balaban J connectivity index is 1.68. The molecule has 1 N–H and O–H groups in total. The maximum Gasteiger partial charge on any atom is 0.0512 e. The van der Waals surface area contributed by atoms with Crippen LogP contribution in [-0.4, -0.2) is 29.6 Å². The molecule has 2 saturated heterocycles. The van der Waals surface area contributed by atoms with E-state index in [-0.39, 0.29) is 0 Å². The van der Waals surface area contributed by atoms with Crippen molar-refractivity contribution < 1.29 is 0 Å². The van der Waals surface area contributed by atoms with Crippen molar-refractivity contribution in [2.75, 3.05) is 18.4 Å². The van der Waals surface area contributed by atoms with Crippen molar-refractivity contribution in [3.05, 3.63) is 29.8 Å². The van der Waals surface area contributed by atoms with E-state index in [4.69, 9.17) is 0 Å². The first-order valence-corrected chi connectivity index (χ1v) is 9.34. The van der Waals surface area contributed by atoms with Gasteiger partial charge in [0.05, 0.1) is 5.54 Å². The predicted molar refractivity (Wildman–Crippen MR) is 89.1 cm³/mol. The molecule has 0 radical (unpaired) electrons. The summed E-state index contributed by atoms with van der Waals surface area (Å²) >= 11 is 0. The fraction of sp³-hybridized carbons (Fsp3) is 0.700. The van der Waals surface area contributed by atoms with Crippen LogP contribution in [0.1, 0.15) is 51.0 Å². The van der Waals surface area contributed by atoms with Crippen LogP contribution in [0.25, 0.3) is 0 Å². The van der Waals surface area contributed by atoms with E-state index in [0.717, 1.165) is 12.0 Å². The summed E-state index contributed by atoms with van der Waals surface area (Å²) in [6, 6.07) is 10.1. The van der Waals surface area contributed by atoms with Gasteiger partial charge in [0.25, 0.3) is 0 Å². The van der Waals surface area contributed by atoms with Gasteiger partial charge in [-0.15, -0.1) is 0 Å². The Bertz CT molecular complexity index is 669. The van der Waals surface area contributed by atoms with E-state index < -0.39 is 0 Å². The van der Waals surface area contributed by atoms with Gasteiger partial charge in [0.15, 0.2) is 0 Å². The van der Waals surface area contributed by atoms with Gasteiger partial charge in [0.2, 0.25) is 0 Å². The molecular formula is C20H26N2. The summed E-state index contributed by atoms with van der Waals surface area (Å²) in [5.74, 6) is 0.808. The van der Waals surface area contributed by atoms with Crippen LogP contribution in [-0.2, 0) is 5.41 Å². The largest absolute Gasteiger partial charge is 0.378 e. The number of rotatable bonds is 0. The molecule has 1 aromatic rings. The third-order valence-electron chi connectivity index (χ3n) is 8.46. The van der Waals surface area contributed by atoms with Gasteiger partial charge in [-0.25, -0.2) is 0 Å². The van der Waals surface area contributed by atoms with E-state index in [1.54, 1.807) is 5.56 Å². The Morgan fingerprint density at radius 2 is 2.00 bits per heavy atom. The summed E-state index contributed by atoms with van der Waals surface area (Å²) in [6.45, 7) is 5.23. The van der Waals surface area contributed by atoms with Crippen molar-refractivity contribution in [2.24, 2.45) is 11.3 Å². The first-order chi connectivity index (χ1) is 10.7. The second-order valence-electron chi connectivity index (χ2n) is 8.87. The van der Waals surface area contributed by atoms with Gasteiger partial charge in [-0.2, -0.15) is 0 Å². The predicted octanol–water partition coefficient (Wildman–Crippen LogP) is 3.78. The van der Waals surface area contributed by atoms with Crippen molar-refractivity contribution in [2.45, 2.75) is 62.4 Å². The summed E-state index contributed by atoms with van der Waals surface area (Å²) < 4.78 is 0. The molecular weight excluding hydrogens is 268 g/mol. The van der Waals surface area contributed by atoms with E-state index in [2.05, 4.69) is 41.4 Å². The normalized spacial score (nSPS) is 51.1. The zero-order valence-electron chi connectivity index (χ0n) is 13.6. The highest BCUT2D eigenvalue weighted by Crippen LogP contribution is 2.73. The van der Waals surface area contributed by atoms with E-state index in [1.807, 2.05) is 0 Å². The van der Waals surface area contributed by atoms with Gasteiger partial charge in [0.1, 0.15) is 0 Å². The van der Waals surface area contributed by atoms with E-state index in [0.29, 0.717) is 16.4 Å². The topological polar surface area (TPSA) is 15.3 Å². The average molecular weight is 294 g/mol. The molecule has 3 saturated carbocycles. The molecule has 7 rings (SSSR count). The smallest absolute Gasteiger partial charge is 0.0512 e. The number of piperidine rings is 1. The minimum Gasteiger partial charge on any atom is -0.378 e. The van der Waals surface area contributed by atoms with Gasteiger partial charge in [-0.05, 0) is 74.6 Å². The van der Waals surface area contributed by atoms with Crippen LogP contribution in [0.3, 0.4) is 0 Å². The molecule has 116 valence electrons. The van der Waals surface area contributed by atoms with E-state index >= 15 is 0 Å². The molecule has 2 nitrogen and oxygen atoms in total. The number of nitrogens with one attached hydrogen (secondary N) is 1. The van der Waals surface area contributed by atoms with Crippen molar-refractivity contribution in [1.82, 2.24) is 4.90 Å². The lowest BCUT2D eigenvalue weighted by molar-refractivity contribution is -0.124. The van der Waals surface area contributed by atoms with Crippen LogP contribution in [0, 0.1) is 11.3 Å². The van der Waals surface area contributed by atoms with Crippen LogP contribution in [0.4, 0.5) is 5.69 Å². The summed E-state index contributed by atoms with van der Waals surface area (Å²) in [6.07, 6.45) is 8.61. The fourth-order valence-corrected chi connectivity index (χ4v) is 8.04. The van der Waals surface area contributed by atoms with Crippen LogP contribution >= 0.6 is 0 Å². The maximum atomic E-state index is 4.11. The number of nitrogens with zero attached hydrogens (tertiary/aromatic N) is 1. The molecule has 3 aliphatic heterocycles. The standard InChI is InChI=1S/C20H26N2/c1-14-13-18-7-4-11-22-12-10-19(17(18)22)15-5-2-3-6-16(15)21-20(14,19)9-8-18/h2-3,5-6,14,17,21H,4,7-13H2,1H3/t14-,17-,18+,19+,20+/m0/s1. The minimum atomic E-state index is 0.342. The number of fused-ring (bicyclic) bond motifs is 3. The Morgan fingerprint density at radius 3 is 2.91 bits per heavy atom. The van der Waals surface area contributed by atoms with Crippen molar-refractivity contribution in [1.29, 1.82) is 0 Å². The lowest BCUT2D eigenvalue weighted by Crippen LogP contribution is -2.75. The molecule has 2 heteroatoms. The molecule has 2 bridgehead atoms. The first-order valence-electron chi connectivity index (χ1n) is 9.34. The zero-order chi connectivity index (χ0) is 14.6. The number of benzene rings is 1. The van der Waals surface area contributed by atoms with Crippen LogP contribution in [0.2, 0.25) is 0 Å². The fourth-order valence-electron chi connectivity index (χ4n) is 8.04. The SMILES string of the molecule is C[C@H]1C[C@@]23CCCN4CC[C@@]5(c6ccccc6N[C@]15CC2)[C@@H]43. The van der Waals surface area contributed by atoms with Gasteiger partial charge >= 0.3 is 0 Å². The molecule has 0 amide bonds. The summed E-state index contributed by atoms with van der Waals surface area (Å²) in [5.41, 5.74) is 4.49. The summed E-state index contributed by atoms with van der Waals surface area (Å²) in [5, 5.41) is 4.11. The molecule has 3 spiro atoms. The third-order valence-corrected chi connectivity index (χ3v) is 8.46.